The van der Waals surface area contributed by atoms with Gasteiger partial charge in [0.05, 0.1) is 5.56 Å². The standard InChI is InChI=1S/C20H21F2NO2/c21-18-4-2-1-3-17(18)19(22)15-9-11-23(12-10-15)13-14-5-7-16(8-6-14)20(24)25/h1-8,15,19H,9-13H2,(H,24,25). The molecule has 0 spiro atoms. The largest absolute Gasteiger partial charge is 0.478 e. The van der Waals surface area contributed by atoms with Crippen molar-refractivity contribution in [2.75, 3.05) is 13.1 Å². The van der Waals surface area contributed by atoms with Gasteiger partial charge < -0.3 is 5.11 Å². The summed E-state index contributed by atoms with van der Waals surface area (Å²) in [5.41, 5.74) is 1.46. The maximum Gasteiger partial charge on any atom is 0.335 e. The first-order chi connectivity index (χ1) is 12.0. The highest BCUT2D eigenvalue weighted by molar-refractivity contribution is 5.87. The maximum atomic E-state index is 14.6. The minimum absolute atomic E-state index is 0.158. The van der Waals surface area contributed by atoms with Gasteiger partial charge >= 0.3 is 5.97 Å². The van der Waals surface area contributed by atoms with Crippen LogP contribution in [0.2, 0.25) is 0 Å². The van der Waals surface area contributed by atoms with Crippen LogP contribution in [0.4, 0.5) is 8.78 Å². The quantitative estimate of drug-likeness (QED) is 0.870. The first kappa shape index (κ1) is 17.5. The first-order valence-electron chi connectivity index (χ1n) is 8.47. The number of aromatic carboxylic acids is 1. The molecule has 5 heteroatoms. The normalized spacial score (nSPS) is 17.4. The smallest absolute Gasteiger partial charge is 0.335 e. The Morgan fingerprint density at radius 1 is 1.12 bits per heavy atom. The molecule has 0 bridgehead atoms. The molecule has 1 N–H and O–H groups in total. The molecule has 3 nitrogen and oxygen atoms in total. The predicted octanol–water partition coefficient (Wildman–Crippen LogP) is 4.45. The van der Waals surface area contributed by atoms with E-state index in [2.05, 4.69) is 4.90 Å². The number of carboxylic acids is 1. The fourth-order valence-corrected chi connectivity index (χ4v) is 3.37. The van der Waals surface area contributed by atoms with E-state index in [9.17, 15) is 13.6 Å². The Morgan fingerprint density at radius 2 is 1.76 bits per heavy atom. The van der Waals surface area contributed by atoms with Crippen molar-refractivity contribution in [1.82, 2.24) is 4.90 Å². The van der Waals surface area contributed by atoms with Gasteiger partial charge in [0, 0.05) is 12.1 Å². The average molecular weight is 345 g/mol. The molecule has 1 unspecified atom stereocenters. The molecule has 2 aromatic rings. The van der Waals surface area contributed by atoms with Crippen molar-refractivity contribution in [2.45, 2.75) is 25.6 Å². The van der Waals surface area contributed by atoms with Crippen molar-refractivity contribution in [3.05, 3.63) is 71.0 Å². The minimum atomic E-state index is -1.27. The predicted molar refractivity (Wildman–Crippen MR) is 91.7 cm³/mol. The minimum Gasteiger partial charge on any atom is -0.478 e. The van der Waals surface area contributed by atoms with Crippen molar-refractivity contribution >= 4 is 5.97 Å². The highest BCUT2D eigenvalue weighted by Gasteiger charge is 2.29. The number of piperidine rings is 1. The molecule has 3 rings (SSSR count). The van der Waals surface area contributed by atoms with Crippen LogP contribution in [0.3, 0.4) is 0 Å². The third kappa shape index (κ3) is 4.23. The molecular weight excluding hydrogens is 324 g/mol. The second kappa shape index (κ2) is 7.74. The zero-order valence-electron chi connectivity index (χ0n) is 13.9. The zero-order chi connectivity index (χ0) is 17.8. The molecule has 0 aromatic heterocycles. The molecule has 1 fully saturated rings. The van der Waals surface area contributed by atoms with E-state index < -0.39 is 18.0 Å². The molecule has 132 valence electrons. The van der Waals surface area contributed by atoms with Gasteiger partial charge in [0.25, 0.3) is 0 Å². The van der Waals surface area contributed by atoms with E-state index in [-0.39, 0.29) is 17.0 Å². The van der Waals surface area contributed by atoms with Gasteiger partial charge in [-0.2, -0.15) is 0 Å². The van der Waals surface area contributed by atoms with Crippen LogP contribution >= 0.6 is 0 Å². The highest BCUT2D eigenvalue weighted by atomic mass is 19.1. The molecule has 0 aliphatic carbocycles. The van der Waals surface area contributed by atoms with Crippen LogP contribution in [-0.4, -0.2) is 29.1 Å². The summed E-state index contributed by atoms with van der Waals surface area (Å²) >= 11 is 0. The van der Waals surface area contributed by atoms with Crippen LogP contribution in [0.15, 0.2) is 48.5 Å². The zero-order valence-corrected chi connectivity index (χ0v) is 13.9. The summed E-state index contributed by atoms with van der Waals surface area (Å²) < 4.78 is 28.4. The number of rotatable bonds is 5. The monoisotopic (exact) mass is 345 g/mol. The van der Waals surface area contributed by atoms with Crippen LogP contribution in [-0.2, 0) is 6.54 Å². The van der Waals surface area contributed by atoms with E-state index in [0.717, 1.165) is 18.7 Å². The lowest BCUT2D eigenvalue weighted by atomic mass is 9.88. The number of carbonyl (C=O) groups is 1. The van der Waals surface area contributed by atoms with E-state index in [0.29, 0.717) is 19.4 Å². The second-order valence-electron chi connectivity index (χ2n) is 6.54. The number of carboxylic acid groups (broad SMARTS) is 1. The fraction of sp³-hybridized carbons (Fsp3) is 0.350. The van der Waals surface area contributed by atoms with Crippen molar-refractivity contribution in [3.63, 3.8) is 0 Å². The molecule has 0 amide bonds. The van der Waals surface area contributed by atoms with Crippen LogP contribution in [0, 0.1) is 11.7 Å². The van der Waals surface area contributed by atoms with Gasteiger partial charge in [0.1, 0.15) is 12.0 Å². The van der Waals surface area contributed by atoms with Crippen molar-refractivity contribution in [3.8, 4) is 0 Å². The Bertz CT molecular complexity index is 725. The van der Waals surface area contributed by atoms with Crippen molar-refractivity contribution in [1.29, 1.82) is 0 Å². The molecule has 1 atom stereocenters. The molecule has 1 aliphatic heterocycles. The van der Waals surface area contributed by atoms with Gasteiger partial charge in [-0.25, -0.2) is 13.6 Å². The van der Waals surface area contributed by atoms with Crippen molar-refractivity contribution in [2.24, 2.45) is 5.92 Å². The Labute approximate surface area is 145 Å². The molecule has 2 aromatic carbocycles. The second-order valence-corrected chi connectivity index (χ2v) is 6.54. The summed E-state index contributed by atoms with van der Waals surface area (Å²) in [6.45, 7) is 2.21. The molecule has 1 aliphatic rings. The summed E-state index contributed by atoms with van der Waals surface area (Å²) in [6, 6.07) is 12.9. The number of alkyl halides is 1. The first-order valence-corrected chi connectivity index (χ1v) is 8.47. The van der Waals surface area contributed by atoms with Gasteiger partial charge in [0.15, 0.2) is 0 Å². The van der Waals surface area contributed by atoms with Gasteiger partial charge in [-0.05, 0) is 55.6 Å². The topological polar surface area (TPSA) is 40.5 Å². The van der Waals surface area contributed by atoms with Gasteiger partial charge in [-0.3, -0.25) is 4.90 Å². The van der Waals surface area contributed by atoms with E-state index in [1.165, 1.54) is 12.1 Å². The fourth-order valence-electron chi connectivity index (χ4n) is 3.37. The number of likely N-dealkylation sites (tertiary alicyclic amines) is 1. The van der Waals surface area contributed by atoms with Crippen LogP contribution in [0.25, 0.3) is 0 Å². The summed E-state index contributed by atoms with van der Waals surface area (Å²) in [4.78, 5) is 13.1. The molecular formula is C20H21F2NO2. The number of halogens is 2. The number of hydrogen-bond donors (Lipinski definition) is 1. The Morgan fingerprint density at radius 3 is 2.36 bits per heavy atom. The highest BCUT2D eigenvalue weighted by Crippen LogP contribution is 2.35. The van der Waals surface area contributed by atoms with Crippen LogP contribution in [0.5, 0.6) is 0 Å². The molecule has 25 heavy (non-hydrogen) atoms. The van der Waals surface area contributed by atoms with Gasteiger partial charge in [-0.15, -0.1) is 0 Å². The summed E-state index contributed by atoms with van der Waals surface area (Å²) in [7, 11) is 0. The molecule has 1 heterocycles. The number of benzene rings is 2. The summed E-state index contributed by atoms with van der Waals surface area (Å²) in [5.74, 6) is -1.58. The summed E-state index contributed by atoms with van der Waals surface area (Å²) in [6.07, 6.45) is 0.101. The lowest BCUT2D eigenvalue weighted by molar-refractivity contribution is 0.0697. The van der Waals surface area contributed by atoms with Gasteiger partial charge in [0.2, 0.25) is 0 Å². The van der Waals surface area contributed by atoms with E-state index in [1.54, 1.807) is 24.3 Å². The Kier molecular flexibility index (Phi) is 5.43. The average Bonchev–Trinajstić information content (AvgIpc) is 2.63. The van der Waals surface area contributed by atoms with E-state index in [4.69, 9.17) is 5.11 Å². The third-order valence-corrected chi connectivity index (χ3v) is 4.86. The van der Waals surface area contributed by atoms with Crippen molar-refractivity contribution < 1.29 is 18.7 Å². The molecule has 0 saturated carbocycles. The van der Waals surface area contributed by atoms with Crippen LogP contribution < -0.4 is 0 Å². The Hall–Kier alpha value is -2.27. The van der Waals surface area contributed by atoms with Crippen LogP contribution in [0.1, 0.15) is 40.5 Å². The van der Waals surface area contributed by atoms with E-state index in [1.807, 2.05) is 12.1 Å². The van der Waals surface area contributed by atoms with E-state index >= 15 is 0 Å². The lowest BCUT2D eigenvalue weighted by Crippen LogP contribution is -2.34. The van der Waals surface area contributed by atoms with Gasteiger partial charge in [-0.1, -0.05) is 30.3 Å². The summed E-state index contributed by atoms with van der Waals surface area (Å²) in [5, 5.41) is 8.92. The third-order valence-electron chi connectivity index (χ3n) is 4.86. The lowest BCUT2D eigenvalue weighted by Gasteiger charge is -2.33. The molecule has 1 saturated heterocycles. The SMILES string of the molecule is O=C(O)c1ccc(CN2CCC(C(F)c3ccccc3F)CC2)cc1. The number of nitrogens with zero attached hydrogens (tertiary/aromatic N) is 1. The maximum absolute atomic E-state index is 14.6. The Balaban J connectivity index is 1.55. The molecule has 0 radical (unpaired) electrons. The number of hydrogen-bond acceptors (Lipinski definition) is 2.